The van der Waals surface area contributed by atoms with Gasteiger partial charge in [-0.05, 0) is 20.3 Å². The first-order valence-electron chi connectivity index (χ1n) is 4.69. The van der Waals surface area contributed by atoms with Gasteiger partial charge in [-0.15, -0.1) is 0 Å². The molecule has 0 radical (unpaired) electrons. The fourth-order valence-electron chi connectivity index (χ4n) is 1.15. The highest BCUT2D eigenvalue weighted by atomic mass is 16.1. The SMILES string of the molecule is CC(=O)CCC(NC(C)C)C(C)=O. The summed E-state index contributed by atoms with van der Waals surface area (Å²) in [6.45, 7) is 7.08. The van der Waals surface area contributed by atoms with Crippen molar-refractivity contribution in [1.82, 2.24) is 5.32 Å². The number of rotatable bonds is 6. The zero-order chi connectivity index (χ0) is 10.4. The monoisotopic (exact) mass is 185 g/mol. The predicted octanol–water partition coefficient (Wildman–Crippen LogP) is 1.31. The lowest BCUT2D eigenvalue weighted by molar-refractivity contribution is -0.120. The van der Waals surface area contributed by atoms with E-state index in [1.165, 1.54) is 0 Å². The second-order valence-corrected chi connectivity index (χ2v) is 3.73. The topological polar surface area (TPSA) is 46.2 Å². The number of hydrogen-bond donors (Lipinski definition) is 1. The third kappa shape index (κ3) is 6.46. The van der Waals surface area contributed by atoms with E-state index in [4.69, 9.17) is 0 Å². The maximum Gasteiger partial charge on any atom is 0.146 e. The van der Waals surface area contributed by atoms with Gasteiger partial charge in [0, 0.05) is 12.5 Å². The molecule has 0 aliphatic rings. The highest BCUT2D eigenvalue weighted by Crippen LogP contribution is 2.00. The van der Waals surface area contributed by atoms with E-state index >= 15 is 0 Å². The zero-order valence-electron chi connectivity index (χ0n) is 8.89. The molecule has 0 aliphatic heterocycles. The van der Waals surface area contributed by atoms with Gasteiger partial charge >= 0.3 is 0 Å². The van der Waals surface area contributed by atoms with Crippen molar-refractivity contribution in [2.75, 3.05) is 0 Å². The average molecular weight is 185 g/mol. The number of ketones is 2. The van der Waals surface area contributed by atoms with Crippen LogP contribution in [0.3, 0.4) is 0 Å². The zero-order valence-corrected chi connectivity index (χ0v) is 8.89. The van der Waals surface area contributed by atoms with Crippen LogP contribution in [0.15, 0.2) is 0 Å². The summed E-state index contributed by atoms with van der Waals surface area (Å²) in [5.41, 5.74) is 0. The number of hydrogen-bond acceptors (Lipinski definition) is 3. The first-order valence-corrected chi connectivity index (χ1v) is 4.69. The van der Waals surface area contributed by atoms with Gasteiger partial charge in [-0.25, -0.2) is 0 Å². The van der Waals surface area contributed by atoms with Crippen LogP contribution in [0.1, 0.15) is 40.5 Å². The van der Waals surface area contributed by atoms with Gasteiger partial charge in [-0.1, -0.05) is 13.8 Å². The van der Waals surface area contributed by atoms with Crippen LogP contribution in [0.25, 0.3) is 0 Å². The highest BCUT2D eigenvalue weighted by molar-refractivity contribution is 5.82. The van der Waals surface area contributed by atoms with Gasteiger partial charge in [0.1, 0.15) is 11.6 Å². The fraction of sp³-hybridized carbons (Fsp3) is 0.800. The lowest BCUT2D eigenvalue weighted by Gasteiger charge is -2.17. The Labute approximate surface area is 79.9 Å². The average Bonchev–Trinajstić information content (AvgIpc) is 1.96. The molecule has 0 aliphatic carbocycles. The van der Waals surface area contributed by atoms with Gasteiger partial charge in [0.25, 0.3) is 0 Å². The van der Waals surface area contributed by atoms with Crippen LogP contribution in [-0.4, -0.2) is 23.7 Å². The van der Waals surface area contributed by atoms with Gasteiger partial charge in [0.15, 0.2) is 0 Å². The van der Waals surface area contributed by atoms with Crippen molar-refractivity contribution in [1.29, 1.82) is 0 Å². The van der Waals surface area contributed by atoms with E-state index < -0.39 is 0 Å². The second-order valence-electron chi connectivity index (χ2n) is 3.73. The highest BCUT2D eigenvalue weighted by Gasteiger charge is 2.14. The standard InChI is InChI=1S/C10H19NO2/c1-7(2)11-10(9(4)13)6-5-8(3)12/h7,10-11H,5-6H2,1-4H3. The molecular formula is C10H19NO2. The molecule has 1 N–H and O–H groups in total. The largest absolute Gasteiger partial charge is 0.305 e. The Bertz CT molecular complexity index is 187. The summed E-state index contributed by atoms with van der Waals surface area (Å²) in [6, 6.07) is 0.116. The van der Waals surface area contributed by atoms with E-state index in [0.717, 1.165) is 0 Å². The second kappa shape index (κ2) is 5.86. The van der Waals surface area contributed by atoms with Crippen molar-refractivity contribution < 1.29 is 9.59 Å². The summed E-state index contributed by atoms with van der Waals surface area (Å²) in [5, 5.41) is 3.13. The number of nitrogens with one attached hydrogen (secondary N) is 1. The van der Waals surface area contributed by atoms with Crippen molar-refractivity contribution in [2.45, 2.75) is 52.6 Å². The van der Waals surface area contributed by atoms with E-state index in [9.17, 15) is 9.59 Å². The van der Waals surface area contributed by atoms with Gasteiger partial charge in [0.05, 0.1) is 6.04 Å². The summed E-state index contributed by atoms with van der Waals surface area (Å²) < 4.78 is 0. The van der Waals surface area contributed by atoms with Crippen LogP contribution < -0.4 is 5.32 Å². The maximum absolute atomic E-state index is 11.1. The molecule has 1 unspecified atom stereocenters. The first-order chi connectivity index (χ1) is 5.93. The molecule has 3 nitrogen and oxygen atoms in total. The van der Waals surface area contributed by atoms with Gasteiger partial charge < -0.3 is 10.1 Å². The Balaban J connectivity index is 3.95. The first kappa shape index (κ1) is 12.3. The van der Waals surface area contributed by atoms with Gasteiger partial charge in [-0.3, -0.25) is 4.79 Å². The molecular weight excluding hydrogens is 166 g/mol. The normalized spacial score (nSPS) is 13.0. The molecule has 0 rings (SSSR count). The van der Waals surface area contributed by atoms with Gasteiger partial charge in [-0.2, -0.15) is 0 Å². The van der Waals surface area contributed by atoms with Crippen LogP contribution >= 0.6 is 0 Å². The number of carbonyl (C=O) groups excluding carboxylic acids is 2. The lowest BCUT2D eigenvalue weighted by atomic mass is 10.1. The molecule has 0 bridgehead atoms. The Kier molecular flexibility index (Phi) is 5.55. The van der Waals surface area contributed by atoms with E-state index in [1.54, 1.807) is 13.8 Å². The Morgan fingerprint density at radius 3 is 2.08 bits per heavy atom. The summed E-state index contributed by atoms with van der Waals surface area (Å²) in [7, 11) is 0. The molecule has 0 spiro atoms. The molecule has 13 heavy (non-hydrogen) atoms. The minimum absolute atomic E-state index is 0.106. The smallest absolute Gasteiger partial charge is 0.146 e. The third-order valence-electron chi connectivity index (χ3n) is 1.81. The molecule has 0 saturated heterocycles. The van der Waals surface area contributed by atoms with Crippen molar-refractivity contribution in [2.24, 2.45) is 0 Å². The third-order valence-corrected chi connectivity index (χ3v) is 1.81. The van der Waals surface area contributed by atoms with E-state index in [2.05, 4.69) is 5.32 Å². The molecule has 0 saturated carbocycles. The van der Waals surface area contributed by atoms with Crippen molar-refractivity contribution in [3.05, 3.63) is 0 Å². The van der Waals surface area contributed by atoms with Crippen LogP contribution in [0, 0.1) is 0 Å². The molecule has 0 aromatic carbocycles. The number of Topliss-reactive ketones (excluding diaryl/α,β-unsaturated/α-hetero) is 2. The molecule has 0 heterocycles. The Hall–Kier alpha value is -0.700. The maximum atomic E-state index is 11.1. The fourth-order valence-corrected chi connectivity index (χ4v) is 1.15. The van der Waals surface area contributed by atoms with Crippen LogP contribution in [-0.2, 0) is 9.59 Å². The van der Waals surface area contributed by atoms with E-state index in [1.807, 2.05) is 13.8 Å². The van der Waals surface area contributed by atoms with Crippen LogP contribution in [0.4, 0.5) is 0 Å². The molecule has 0 aromatic rings. The van der Waals surface area contributed by atoms with Crippen molar-refractivity contribution >= 4 is 11.6 Å². The minimum Gasteiger partial charge on any atom is -0.305 e. The molecule has 0 amide bonds. The minimum atomic E-state index is -0.163. The van der Waals surface area contributed by atoms with Crippen LogP contribution in [0.2, 0.25) is 0 Å². The van der Waals surface area contributed by atoms with E-state index in [0.29, 0.717) is 12.8 Å². The quantitative estimate of drug-likeness (QED) is 0.678. The van der Waals surface area contributed by atoms with Crippen molar-refractivity contribution in [3.63, 3.8) is 0 Å². The Morgan fingerprint density at radius 2 is 1.77 bits per heavy atom. The molecule has 1 atom stereocenters. The Morgan fingerprint density at radius 1 is 1.23 bits per heavy atom. The molecule has 0 aromatic heterocycles. The van der Waals surface area contributed by atoms with E-state index in [-0.39, 0.29) is 23.7 Å². The number of carbonyl (C=O) groups is 2. The van der Waals surface area contributed by atoms with Crippen LogP contribution in [0.5, 0.6) is 0 Å². The molecule has 3 heteroatoms. The van der Waals surface area contributed by atoms with Gasteiger partial charge in [0.2, 0.25) is 0 Å². The molecule has 0 fully saturated rings. The summed E-state index contributed by atoms with van der Waals surface area (Å²) in [5.74, 6) is 0.242. The summed E-state index contributed by atoms with van der Waals surface area (Å²) >= 11 is 0. The van der Waals surface area contributed by atoms with Crippen molar-refractivity contribution in [3.8, 4) is 0 Å². The molecule has 76 valence electrons. The lowest BCUT2D eigenvalue weighted by Crippen LogP contribution is -2.39. The summed E-state index contributed by atoms with van der Waals surface area (Å²) in [4.78, 5) is 21.8. The predicted molar refractivity (Wildman–Crippen MR) is 52.7 cm³/mol. The summed E-state index contributed by atoms with van der Waals surface area (Å²) in [6.07, 6.45) is 1.09.